The van der Waals surface area contributed by atoms with E-state index in [0.29, 0.717) is 0 Å². The van der Waals surface area contributed by atoms with E-state index in [1.165, 1.54) is 28.6 Å². The summed E-state index contributed by atoms with van der Waals surface area (Å²) in [7, 11) is 0. The van der Waals surface area contributed by atoms with E-state index in [1.54, 1.807) is 0 Å². The van der Waals surface area contributed by atoms with Gasteiger partial charge in [0.25, 0.3) is 0 Å². The Morgan fingerprint density at radius 3 is 2.55 bits per heavy atom. The summed E-state index contributed by atoms with van der Waals surface area (Å²) in [6.07, 6.45) is 3.37. The second kappa shape index (κ2) is 6.75. The van der Waals surface area contributed by atoms with E-state index in [0.717, 1.165) is 31.6 Å². The number of aryl methyl sites for hydroxylation is 1. The van der Waals surface area contributed by atoms with Gasteiger partial charge in [-0.15, -0.1) is 0 Å². The smallest absolute Gasteiger partial charge is 0.123 e. The van der Waals surface area contributed by atoms with Crippen molar-refractivity contribution in [1.82, 2.24) is 9.88 Å². The van der Waals surface area contributed by atoms with Gasteiger partial charge in [0.1, 0.15) is 5.82 Å². The molecule has 0 fully saturated rings. The number of aromatic nitrogens is 1. The number of rotatable bonds is 6. The first-order valence-electron chi connectivity index (χ1n) is 7.80. The second-order valence-corrected chi connectivity index (χ2v) is 5.59. The minimum atomic E-state index is -0.189. The summed E-state index contributed by atoms with van der Waals surface area (Å²) in [6.45, 7) is 4.79. The lowest BCUT2D eigenvalue weighted by molar-refractivity contribution is 0.625. The lowest BCUT2D eigenvalue weighted by Gasteiger charge is -2.04. The molecule has 0 aliphatic heterocycles. The fourth-order valence-corrected chi connectivity index (χ4v) is 2.83. The molecular formula is C19H21FN2. The van der Waals surface area contributed by atoms with Crippen LogP contribution in [0.3, 0.4) is 0 Å². The van der Waals surface area contributed by atoms with Gasteiger partial charge in [-0.2, -0.15) is 0 Å². The molecule has 0 bridgehead atoms. The van der Waals surface area contributed by atoms with Crippen molar-refractivity contribution in [3.8, 4) is 0 Å². The van der Waals surface area contributed by atoms with Gasteiger partial charge in [0.15, 0.2) is 0 Å². The number of nitrogens with one attached hydrogen (secondary N) is 1. The minimum absolute atomic E-state index is 0.189. The summed E-state index contributed by atoms with van der Waals surface area (Å²) < 4.78 is 15.2. The Morgan fingerprint density at radius 2 is 1.77 bits per heavy atom. The number of hydrogen-bond acceptors (Lipinski definition) is 1. The van der Waals surface area contributed by atoms with Crippen LogP contribution >= 0.6 is 0 Å². The highest BCUT2D eigenvalue weighted by Crippen LogP contribution is 2.21. The van der Waals surface area contributed by atoms with E-state index in [9.17, 15) is 4.39 Å². The Hall–Kier alpha value is -2.13. The predicted octanol–water partition coefficient (Wildman–Crippen LogP) is 4.48. The number of hydrogen-bond donors (Lipinski definition) is 1. The molecule has 0 unspecified atom stereocenters. The van der Waals surface area contributed by atoms with Crippen LogP contribution in [0.4, 0.5) is 4.39 Å². The first-order valence-corrected chi connectivity index (χ1v) is 7.80. The molecule has 3 heteroatoms. The van der Waals surface area contributed by atoms with Crippen LogP contribution in [0.5, 0.6) is 0 Å². The van der Waals surface area contributed by atoms with Gasteiger partial charge in [-0.25, -0.2) is 4.39 Å². The predicted molar refractivity (Wildman–Crippen MR) is 89.2 cm³/mol. The Morgan fingerprint density at radius 1 is 1.00 bits per heavy atom. The normalized spacial score (nSPS) is 11.2. The van der Waals surface area contributed by atoms with Crippen LogP contribution in [0, 0.1) is 5.82 Å². The Labute approximate surface area is 130 Å². The maximum Gasteiger partial charge on any atom is 0.123 e. The van der Waals surface area contributed by atoms with Gasteiger partial charge in [0, 0.05) is 36.7 Å². The van der Waals surface area contributed by atoms with Gasteiger partial charge in [-0.3, -0.25) is 0 Å². The number of halogens is 1. The molecule has 114 valence electrons. The van der Waals surface area contributed by atoms with Crippen LogP contribution in [0.15, 0.2) is 54.7 Å². The quantitative estimate of drug-likeness (QED) is 0.709. The summed E-state index contributed by atoms with van der Waals surface area (Å²) in [4.78, 5) is 0. The molecule has 0 radical (unpaired) electrons. The molecule has 0 spiro atoms. The largest absolute Gasteiger partial charge is 0.347 e. The molecule has 0 saturated heterocycles. The molecule has 0 saturated carbocycles. The second-order valence-electron chi connectivity index (χ2n) is 5.59. The number of nitrogens with zero attached hydrogens (tertiary/aromatic N) is 1. The molecule has 3 rings (SSSR count). The van der Waals surface area contributed by atoms with E-state index < -0.39 is 0 Å². The average Bonchev–Trinajstić information content (AvgIpc) is 2.88. The summed E-state index contributed by atoms with van der Waals surface area (Å²) in [5.41, 5.74) is 3.70. The summed E-state index contributed by atoms with van der Waals surface area (Å²) in [5.74, 6) is -0.189. The number of benzene rings is 2. The molecule has 1 heterocycles. The van der Waals surface area contributed by atoms with Gasteiger partial charge in [-0.05, 0) is 35.7 Å². The molecular weight excluding hydrogens is 275 g/mol. The van der Waals surface area contributed by atoms with Crippen LogP contribution in [-0.2, 0) is 19.6 Å². The van der Waals surface area contributed by atoms with Crippen LogP contribution in [0.1, 0.15) is 24.5 Å². The molecule has 3 aromatic rings. The molecule has 22 heavy (non-hydrogen) atoms. The Kier molecular flexibility index (Phi) is 4.54. The van der Waals surface area contributed by atoms with Crippen LogP contribution in [0.2, 0.25) is 0 Å². The number of fused-ring (bicyclic) bond motifs is 1. The lowest BCUT2D eigenvalue weighted by Crippen LogP contribution is -2.12. The average molecular weight is 296 g/mol. The van der Waals surface area contributed by atoms with Crippen molar-refractivity contribution in [2.24, 2.45) is 0 Å². The van der Waals surface area contributed by atoms with Crippen LogP contribution in [-0.4, -0.2) is 4.57 Å². The van der Waals surface area contributed by atoms with Gasteiger partial charge in [0.2, 0.25) is 0 Å². The molecule has 0 atom stereocenters. The summed E-state index contributed by atoms with van der Waals surface area (Å²) in [5, 5.41) is 4.76. The summed E-state index contributed by atoms with van der Waals surface area (Å²) in [6, 6.07) is 15.2. The maximum atomic E-state index is 12.9. The highest BCUT2D eigenvalue weighted by Gasteiger charge is 2.07. The zero-order valence-electron chi connectivity index (χ0n) is 12.8. The molecule has 0 aliphatic carbocycles. The van der Waals surface area contributed by atoms with Gasteiger partial charge in [-0.1, -0.05) is 37.3 Å². The van der Waals surface area contributed by atoms with Crippen molar-refractivity contribution in [2.45, 2.75) is 33.0 Å². The molecule has 1 N–H and O–H groups in total. The number of para-hydroxylation sites is 1. The summed E-state index contributed by atoms with van der Waals surface area (Å²) >= 11 is 0. The lowest BCUT2D eigenvalue weighted by atomic mass is 10.1. The monoisotopic (exact) mass is 296 g/mol. The van der Waals surface area contributed by atoms with E-state index in [-0.39, 0.29) is 5.82 Å². The highest BCUT2D eigenvalue weighted by atomic mass is 19.1. The van der Waals surface area contributed by atoms with Crippen molar-refractivity contribution >= 4 is 10.9 Å². The third-order valence-electron chi connectivity index (χ3n) is 3.89. The van der Waals surface area contributed by atoms with E-state index in [2.05, 4.69) is 47.3 Å². The van der Waals surface area contributed by atoms with Crippen molar-refractivity contribution in [2.75, 3.05) is 0 Å². The van der Waals surface area contributed by atoms with Gasteiger partial charge < -0.3 is 9.88 Å². The fourth-order valence-electron chi connectivity index (χ4n) is 2.83. The molecule has 2 aromatic carbocycles. The van der Waals surface area contributed by atoms with Crippen molar-refractivity contribution in [3.63, 3.8) is 0 Å². The molecule has 1 aromatic heterocycles. The standard InChI is InChI=1S/C19H21FN2/c1-2-11-22-14-16(18-5-3-4-6-19(18)22)13-21-12-15-7-9-17(20)10-8-15/h3-10,14,21H,2,11-13H2,1H3. The molecule has 0 amide bonds. The van der Waals surface area contributed by atoms with E-state index in [1.807, 2.05) is 12.1 Å². The highest BCUT2D eigenvalue weighted by molar-refractivity contribution is 5.83. The fraction of sp³-hybridized carbons (Fsp3) is 0.263. The van der Waals surface area contributed by atoms with Gasteiger partial charge >= 0.3 is 0 Å². The molecule has 2 nitrogen and oxygen atoms in total. The topological polar surface area (TPSA) is 17.0 Å². The first-order chi connectivity index (χ1) is 10.8. The Bertz CT molecular complexity index is 744. The zero-order chi connectivity index (χ0) is 15.4. The van der Waals surface area contributed by atoms with Gasteiger partial charge in [0.05, 0.1) is 0 Å². The molecule has 0 aliphatic rings. The van der Waals surface area contributed by atoms with E-state index in [4.69, 9.17) is 0 Å². The van der Waals surface area contributed by atoms with E-state index >= 15 is 0 Å². The third-order valence-corrected chi connectivity index (χ3v) is 3.89. The minimum Gasteiger partial charge on any atom is -0.347 e. The zero-order valence-corrected chi connectivity index (χ0v) is 12.8. The van der Waals surface area contributed by atoms with Crippen LogP contribution < -0.4 is 5.32 Å². The first kappa shape index (κ1) is 14.8. The van der Waals surface area contributed by atoms with Crippen molar-refractivity contribution in [1.29, 1.82) is 0 Å². The van der Waals surface area contributed by atoms with Crippen LogP contribution in [0.25, 0.3) is 10.9 Å². The SMILES string of the molecule is CCCn1cc(CNCc2ccc(F)cc2)c2ccccc21. The maximum absolute atomic E-state index is 12.9. The third kappa shape index (κ3) is 3.20. The Balaban J connectivity index is 1.72. The van der Waals surface area contributed by atoms with Crippen molar-refractivity contribution in [3.05, 3.63) is 71.7 Å². The van der Waals surface area contributed by atoms with Crippen molar-refractivity contribution < 1.29 is 4.39 Å².